The molecule has 2 aromatic rings. The Balaban J connectivity index is 2.01. The summed E-state index contributed by atoms with van der Waals surface area (Å²) in [4.78, 5) is 24.5. The van der Waals surface area contributed by atoms with Gasteiger partial charge in [0.05, 0.1) is 19.5 Å². The van der Waals surface area contributed by atoms with Crippen LogP contribution in [-0.4, -0.2) is 57.6 Å². The average Bonchev–Trinajstić information content (AvgIpc) is 2.73. The number of esters is 1. The number of rotatable bonds is 10. The molecule has 2 rings (SSSR count). The Hall–Kier alpha value is -2.91. The second-order valence-electron chi connectivity index (χ2n) is 8.18. The van der Waals surface area contributed by atoms with Gasteiger partial charge in [0.1, 0.15) is 21.6 Å². The summed E-state index contributed by atoms with van der Waals surface area (Å²) in [6.07, 6.45) is 1.63. The lowest BCUT2D eigenvalue weighted by Crippen LogP contribution is -2.59. The molecule has 9 heteroatoms. The van der Waals surface area contributed by atoms with Crippen LogP contribution in [0.3, 0.4) is 0 Å². The third-order valence-electron chi connectivity index (χ3n) is 4.72. The number of nitrogens with two attached hydrogens (primary N) is 1. The predicted molar refractivity (Wildman–Crippen MR) is 123 cm³/mol. The summed E-state index contributed by atoms with van der Waals surface area (Å²) in [6, 6.07) is 13.3. The smallest absolute Gasteiger partial charge is 0.330 e. The molecule has 0 heterocycles. The number of sulfone groups is 1. The maximum atomic E-state index is 12.6. The summed E-state index contributed by atoms with van der Waals surface area (Å²) in [6.45, 7) is 3.59. The van der Waals surface area contributed by atoms with E-state index in [1.54, 1.807) is 50.2 Å². The van der Waals surface area contributed by atoms with Gasteiger partial charge in [-0.3, -0.25) is 4.79 Å². The third-order valence-corrected chi connectivity index (χ3v) is 5.75. The second kappa shape index (κ2) is 10.6. The Bertz CT molecular complexity index is 1030. The number of hydrogen-bond donors (Lipinski definition) is 2. The van der Waals surface area contributed by atoms with E-state index in [0.29, 0.717) is 24.3 Å². The Morgan fingerprint density at radius 3 is 2.03 bits per heavy atom. The van der Waals surface area contributed by atoms with Crippen LogP contribution in [0.4, 0.5) is 0 Å². The molecular formula is C23H30N2O6S. The largest absolute Gasteiger partial charge is 0.494 e. The molecule has 0 aliphatic rings. The van der Waals surface area contributed by atoms with Crippen molar-refractivity contribution in [2.45, 2.75) is 31.8 Å². The number of methoxy groups -OCH3 is 1. The lowest BCUT2D eigenvalue weighted by Gasteiger charge is -2.28. The number of amides is 1. The minimum atomic E-state index is -2.99. The first-order valence-electron chi connectivity index (χ1n) is 10.1. The molecule has 0 aromatic heterocycles. The van der Waals surface area contributed by atoms with Crippen molar-refractivity contribution in [3.05, 3.63) is 54.1 Å². The summed E-state index contributed by atoms with van der Waals surface area (Å²) >= 11 is 0. The molecule has 0 aliphatic carbocycles. The standard InChI is InChI=1S/C23H30N2O6S/c1-23(2,24)20(22(27)30-3)25-21(26)18-8-6-16(7-9-18)17-10-12-19(13-11-17)31-14-5-15-32(4,28)29/h6-13,20H,5,14-15,24H2,1-4H3,(H,25,26)/t20-/m1/s1. The Kier molecular flexibility index (Phi) is 8.40. The van der Waals surface area contributed by atoms with Crippen molar-refractivity contribution in [2.24, 2.45) is 5.73 Å². The molecule has 1 atom stereocenters. The van der Waals surface area contributed by atoms with Gasteiger partial charge in [0.15, 0.2) is 0 Å². The highest BCUT2D eigenvalue weighted by Gasteiger charge is 2.34. The molecular weight excluding hydrogens is 432 g/mol. The first-order valence-corrected chi connectivity index (χ1v) is 12.2. The maximum Gasteiger partial charge on any atom is 0.330 e. The monoisotopic (exact) mass is 462 g/mol. The normalized spacial score (nSPS) is 12.7. The quantitative estimate of drug-likeness (QED) is 0.409. The Morgan fingerprint density at radius 1 is 1.03 bits per heavy atom. The van der Waals surface area contributed by atoms with Crippen LogP contribution in [0.25, 0.3) is 11.1 Å². The van der Waals surface area contributed by atoms with Crippen LogP contribution in [0.2, 0.25) is 0 Å². The summed E-state index contributed by atoms with van der Waals surface area (Å²) in [5.74, 6) is -0.297. The van der Waals surface area contributed by atoms with Gasteiger partial charge >= 0.3 is 5.97 Å². The van der Waals surface area contributed by atoms with E-state index in [1.165, 1.54) is 13.4 Å². The molecule has 2 aromatic carbocycles. The zero-order chi connectivity index (χ0) is 23.9. The Labute approximate surface area is 189 Å². The van der Waals surface area contributed by atoms with E-state index in [4.69, 9.17) is 15.2 Å². The van der Waals surface area contributed by atoms with Crippen LogP contribution in [0.15, 0.2) is 48.5 Å². The fraction of sp³-hybridized carbons (Fsp3) is 0.391. The van der Waals surface area contributed by atoms with Gasteiger partial charge in [-0.25, -0.2) is 13.2 Å². The van der Waals surface area contributed by atoms with Crippen LogP contribution in [0.5, 0.6) is 5.75 Å². The third kappa shape index (κ3) is 7.65. The van der Waals surface area contributed by atoms with Crippen molar-refractivity contribution in [3.8, 4) is 16.9 Å². The number of hydrogen-bond acceptors (Lipinski definition) is 7. The van der Waals surface area contributed by atoms with Gasteiger partial charge < -0.3 is 20.5 Å². The molecule has 0 saturated heterocycles. The minimum absolute atomic E-state index is 0.0914. The molecule has 0 bridgehead atoms. The van der Waals surface area contributed by atoms with E-state index < -0.39 is 33.3 Å². The summed E-state index contributed by atoms with van der Waals surface area (Å²) < 4.78 is 32.6. The molecule has 8 nitrogen and oxygen atoms in total. The number of benzene rings is 2. The molecule has 0 spiro atoms. The van der Waals surface area contributed by atoms with Crippen molar-refractivity contribution in [3.63, 3.8) is 0 Å². The SMILES string of the molecule is COC(=O)[C@@H](NC(=O)c1ccc(-c2ccc(OCCCS(C)(=O)=O)cc2)cc1)C(C)(C)N. The molecule has 0 saturated carbocycles. The van der Waals surface area contributed by atoms with E-state index in [9.17, 15) is 18.0 Å². The molecule has 0 aliphatic heterocycles. The molecule has 174 valence electrons. The first-order chi connectivity index (χ1) is 14.9. The molecule has 3 N–H and O–H groups in total. The van der Waals surface area contributed by atoms with Crippen molar-refractivity contribution in [1.82, 2.24) is 5.32 Å². The van der Waals surface area contributed by atoms with Crippen molar-refractivity contribution in [2.75, 3.05) is 25.7 Å². The van der Waals surface area contributed by atoms with Gasteiger partial charge in [-0.15, -0.1) is 0 Å². The van der Waals surface area contributed by atoms with Gasteiger partial charge in [0.2, 0.25) is 0 Å². The maximum absolute atomic E-state index is 12.6. The van der Waals surface area contributed by atoms with Gasteiger partial charge in [-0.05, 0) is 55.7 Å². The molecule has 32 heavy (non-hydrogen) atoms. The minimum Gasteiger partial charge on any atom is -0.494 e. The number of nitrogens with one attached hydrogen (secondary N) is 1. The van der Waals surface area contributed by atoms with Crippen LogP contribution in [0.1, 0.15) is 30.6 Å². The zero-order valence-corrected chi connectivity index (χ0v) is 19.6. The van der Waals surface area contributed by atoms with Crippen molar-refractivity contribution < 1.29 is 27.5 Å². The first kappa shape index (κ1) is 25.4. The van der Waals surface area contributed by atoms with Crippen LogP contribution >= 0.6 is 0 Å². The molecule has 1 amide bonds. The number of carbonyl (C=O) groups is 2. The van der Waals surface area contributed by atoms with Gasteiger partial charge in [0, 0.05) is 17.4 Å². The van der Waals surface area contributed by atoms with Gasteiger partial charge in [-0.2, -0.15) is 0 Å². The van der Waals surface area contributed by atoms with Crippen LogP contribution < -0.4 is 15.8 Å². The van der Waals surface area contributed by atoms with Gasteiger partial charge in [0.25, 0.3) is 5.91 Å². The number of ether oxygens (including phenoxy) is 2. The summed E-state index contributed by atoms with van der Waals surface area (Å²) in [7, 11) is -1.74. The lowest BCUT2D eigenvalue weighted by atomic mass is 9.95. The van der Waals surface area contributed by atoms with Gasteiger partial charge in [-0.1, -0.05) is 24.3 Å². The number of carbonyl (C=O) groups excluding carboxylic acids is 2. The van der Waals surface area contributed by atoms with Crippen LogP contribution in [0, 0.1) is 0 Å². The van der Waals surface area contributed by atoms with E-state index >= 15 is 0 Å². The zero-order valence-electron chi connectivity index (χ0n) is 18.8. The van der Waals surface area contributed by atoms with Crippen molar-refractivity contribution >= 4 is 21.7 Å². The highest BCUT2D eigenvalue weighted by Crippen LogP contribution is 2.23. The fourth-order valence-electron chi connectivity index (χ4n) is 2.95. The predicted octanol–water partition coefficient (Wildman–Crippen LogP) is 2.18. The van der Waals surface area contributed by atoms with E-state index in [-0.39, 0.29) is 5.75 Å². The Morgan fingerprint density at radius 2 is 1.56 bits per heavy atom. The molecule has 0 fully saturated rings. The van der Waals surface area contributed by atoms with E-state index in [0.717, 1.165) is 11.1 Å². The second-order valence-corrected chi connectivity index (χ2v) is 10.4. The van der Waals surface area contributed by atoms with E-state index in [2.05, 4.69) is 5.32 Å². The summed E-state index contributed by atoms with van der Waals surface area (Å²) in [5.41, 5.74) is 7.22. The highest BCUT2D eigenvalue weighted by molar-refractivity contribution is 7.90. The van der Waals surface area contributed by atoms with E-state index in [1.807, 2.05) is 12.1 Å². The van der Waals surface area contributed by atoms with Crippen LogP contribution in [-0.2, 0) is 19.4 Å². The lowest BCUT2D eigenvalue weighted by molar-refractivity contribution is -0.144. The average molecular weight is 463 g/mol. The fourth-order valence-corrected chi connectivity index (χ4v) is 3.59. The molecule has 0 unspecified atom stereocenters. The van der Waals surface area contributed by atoms with Crippen molar-refractivity contribution in [1.29, 1.82) is 0 Å². The summed E-state index contributed by atoms with van der Waals surface area (Å²) in [5, 5.41) is 2.63. The molecule has 0 radical (unpaired) electrons. The highest BCUT2D eigenvalue weighted by atomic mass is 32.2. The topological polar surface area (TPSA) is 125 Å².